The number of fused-ring (bicyclic) bond motifs is 3. The van der Waals surface area contributed by atoms with E-state index in [2.05, 4.69) is 11.9 Å². The Bertz CT molecular complexity index is 3660. The van der Waals surface area contributed by atoms with Crippen LogP contribution in [0.1, 0.15) is 25.5 Å². The molecule has 0 saturated heterocycles. The molecular formula is C56H46Cl4N6O8. The zero-order valence-electron chi connectivity index (χ0n) is 40.8. The van der Waals surface area contributed by atoms with Gasteiger partial charge >= 0.3 is 0 Å². The van der Waals surface area contributed by atoms with Gasteiger partial charge in [0.1, 0.15) is 42.0 Å². The highest BCUT2D eigenvalue weighted by Gasteiger charge is 2.27. The van der Waals surface area contributed by atoms with Crippen LogP contribution >= 0.6 is 46.4 Å². The molecule has 4 heterocycles. The monoisotopic (exact) mass is 1070 g/mol. The number of ether oxygens (including phenoxy) is 5. The van der Waals surface area contributed by atoms with Crippen molar-refractivity contribution in [2.45, 2.75) is 26.8 Å². The van der Waals surface area contributed by atoms with Crippen molar-refractivity contribution >= 4 is 91.4 Å². The zero-order chi connectivity index (χ0) is 52.5. The molecule has 0 atom stereocenters. The number of pyridine rings is 2. The van der Waals surface area contributed by atoms with Crippen LogP contribution in [-0.4, -0.2) is 72.4 Å². The first-order valence-electron chi connectivity index (χ1n) is 23.1. The summed E-state index contributed by atoms with van der Waals surface area (Å²) in [6.07, 6.45) is 7.54. The lowest BCUT2D eigenvalue weighted by molar-refractivity contribution is -0.114. The molecule has 2 amide bonds. The van der Waals surface area contributed by atoms with Crippen LogP contribution in [0.4, 0.5) is 11.4 Å². The second-order valence-electron chi connectivity index (χ2n) is 17.2. The highest BCUT2D eigenvalue weighted by atomic mass is 35.5. The van der Waals surface area contributed by atoms with E-state index in [0.29, 0.717) is 83.3 Å². The zero-order valence-corrected chi connectivity index (χ0v) is 43.8. The highest BCUT2D eigenvalue weighted by Crippen LogP contribution is 2.48. The number of benzene rings is 5. The van der Waals surface area contributed by atoms with Crippen molar-refractivity contribution in [3.63, 3.8) is 0 Å². The molecule has 1 aliphatic rings. The number of rotatable bonds is 14. The first kappa shape index (κ1) is 51.3. The number of para-hydroxylation sites is 1. The van der Waals surface area contributed by atoms with Crippen molar-refractivity contribution in [3.8, 4) is 73.6 Å². The third-order valence-corrected chi connectivity index (χ3v) is 13.9. The number of nitrogens with zero attached hydrogens (tertiary/aromatic N) is 5. The number of hydrogen-bond donors (Lipinski definition) is 1. The van der Waals surface area contributed by atoms with Crippen molar-refractivity contribution in [1.29, 1.82) is 0 Å². The van der Waals surface area contributed by atoms with Gasteiger partial charge < -0.3 is 38.5 Å². The molecule has 0 unspecified atom stereocenters. The van der Waals surface area contributed by atoms with Crippen LogP contribution in [0.25, 0.3) is 66.7 Å². The van der Waals surface area contributed by atoms with Gasteiger partial charge in [0.25, 0.3) is 11.5 Å². The Morgan fingerprint density at radius 2 is 1.47 bits per heavy atom. The van der Waals surface area contributed by atoms with Crippen molar-refractivity contribution in [3.05, 3.63) is 152 Å². The van der Waals surface area contributed by atoms with Crippen molar-refractivity contribution in [2.24, 2.45) is 0 Å². The standard InChI is InChI=1S/C56H46Cl4N6O8/c1-8-47(67)63-38-13-10-9-12-34(38)39-24-40-33(28-61-39)22-36(56(69)66(40)29(2)3)50-53(59)45(72-7)26-46(54(50)60)73-18-11-14-48(68)65-17-19-74-42-20-30(4)35(23-41(42)65)55-62-27-32-21-31(15-16-37(32)64-55)49-51(57)43(70-5)25-44(71-6)52(49)58/h8-16,20-29H,1,17-19H2,2-7H3,(H,63,67). The summed E-state index contributed by atoms with van der Waals surface area (Å²) in [5.41, 5.74) is 6.39. The van der Waals surface area contributed by atoms with Crippen LogP contribution < -0.4 is 39.5 Å². The van der Waals surface area contributed by atoms with E-state index in [1.807, 2.05) is 63.2 Å². The molecule has 3 aromatic heterocycles. The summed E-state index contributed by atoms with van der Waals surface area (Å²) >= 11 is 27.5. The lowest BCUT2D eigenvalue weighted by atomic mass is 10.0. The summed E-state index contributed by atoms with van der Waals surface area (Å²) in [6.45, 7) is 9.73. The second kappa shape index (κ2) is 21.5. The largest absolute Gasteiger partial charge is 0.495 e. The Morgan fingerprint density at radius 1 is 0.797 bits per heavy atom. The molecule has 14 nitrogen and oxygen atoms in total. The predicted molar refractivity (Wildman–Crippen MR) is 293 cm³/mol. The second-order valence-corrected chi connectivity index (χ2v) is 18.7. The lowest BCUT2D eigenvalue weighted by Gasteiger charge is -2.29. The fourth-order valence-corrected chi connectivity index (χ4v) is 10.2. The fourth-order valence-electron chi connectivity index (χ4n) is 8.82. The van der Waals surface area contributed by atoms with E-state index in [9.17, 15) is 14.4 Å². The lowest BCUT2D eigenvalue weighted by Crippen LogP contribution is -2.37. The Morgan fingerprint density at radius 3 is 2.18 bits per heavy atom. The van der Waals surface area contributed by atoms with Crippen molar-refractivity contribution < 1.29 is 33.3 Å². The van der Waals surface area contributed by atoms with E-state index >= 15 is 0 Å². The average molecular weight is 1070 g/mol. The summed E-state index contributed by atoms with van der Waals surface area (Å²) in [5, 5.41) is 5.03. The van der Waals surface area contributed by atoms with Gasteiger partial charge in [-0.25, -0.2) is 9.97 Å². The summed E-state index contributed by atoms with van der Waals surface area (Å²) < 4.78 is 30.4. The number of aryl methyl sites for hydroxylation is 1. The van der Waals surface area contributed by atoms with Gasteiger partial charge in [0.15, 0.2) is 5.82 Å². The third-order valence-electron chi connectivity index (χ3n) is 12.4. The molecule has 0 radical (unpaired) electrons. The Balaban J connectivity index is 0.968. The molecular weight excluding hydrogens is 1030 g/mol. The summed E-state index contributed by atoms with van der Waals surface area (Å²) in [6, 6.07) is 22.9. The average Bonchev–Trinajstić information content (AvgIpc) is 3.40. The summed E-state index contributed by atoms with van der Waals surface area (Å²) in [4.78, 5) is 56.8. The van der Waals surface area contributed by atoms with E-state index in [1.165, 1.54) is 39.5 Å². The molecule has 0 spiro atoms. The predicted octanol–water partition coefficient (Wildman–Crippen LogP) is 13.0. The minimum absolute atomic E-state index is 0.0615. The van der Waals surface area contributed by atoms with E-state index < -0.39 is 0 Å². The minimum atomic E-state index is -0.375. The topological polar surface area (TPSA) is 156 Å². The molecule has 18 heteroatoms. The molecule has 74 heavy (non-hydrogen) atoms. The van der Waals surface area contributed by atoms with Gasteiger partial charge in [0, 0.05) is 69.7 Å². The molecule has 1 aliphatic heterocycles. The van der Waals surface area contributed by atoms with Gasteiger partial charge in [0.05, 0.1) is 81.6 Å². The molecule has 0 saturated carbocycles. The van der Waals surface area contributed by atoms with Crippen LogP contribution in [0.15, 0.2) is 121 Å². The van der Waals surface area contributed by atoms with E-state index in [1.54, 1.807) is 58.3 Å². The number of anilines is 2. The van der Waals surface area contributed by atoms with E-state index in [4.69, 9.17) is 85.0 Å². The van der Waals surface area contributed by atoms with E-state index in [-0.39, 0.29) is 75.8 Å². The number of nitrogens with one attached hydrogen (secondary N) is 1. The van der Waals surface area contributed by atoms with Crippen LogP contribution in [0, 0.1) is 6.92 Å². The molecule has 0 bridgehead atoms. The van der Waals surface area contributed by atoms with Crippen LogP contribution in [0.2, 0.25) is 20.1 Å². The third kappa shape index (κ3) is 9.69. The van der Waals surface area contributed by atoms with Gasteiger partial charge in [-0.15, -0.1) is 0 Å². The SMILES string of the molecule is C=CC(=O)Nc1ccccc1-c1cc2c(cn1)cc(-c1c(Cl)c(OC)cc(OCC=CC(=O)N3CCOc4cc(C)c(-c5ncc6cc(-c7c(Cl)c(OC)cc(OC)c7Cl)ccc6n5)cc43)c1Cl)c(=O)n2C(C)C. The summed E-state index contributed by atoms with van der Waals surface area (Å²) in [5.74, 6) is 1.51. The van der Waals surface area contributed by atoms with Crippen molar-refractivity contribution in [2.75, 3.05) is 51.3 Å². The van der Waals surface area contributed by atoms with Crippen LogP contribution in [-0.2, 0) is 9.59 Å². The maximum absolute atomic E-state index is 14.6. The first-order chi connectivity index (χ1) is 35.6. The Hall–Kier alpha value is -7.62. The van der Waals surface area contributed by atoms with Gasteiger partial charge in [-0.3, -0.25) is 19.4 Å². The Kier molecular flexibility index (Phi) is 14.9. The van der Waals surface area contributed by atoms with Gasteiger partial charge in [-0.1, -0.05) is 77.2 Å². The molecule has 0 fully saturated rings. The smallest absolute Gasteiger partial charge is 0.259 e. The molecule has 8 aromatic rings. The van der Waals surface area contributed by atoms with Gasteiger partial charge in [-0.05, 0) is 86.5 Å². The maximum Gasteiger partial charge on any atom is 0.259 e. The van der Waals surface area contributed by atoms with Crippen LogP contribution in [0.3, 0.4) is 0 Å². The van der Waals surface area contributed by atoms with Crippen LogP contribution in [0.5, 0.6) is 28.7 Å². The quantitative estimate of drug-likeness (QED) is 0.103. The molecule has 5 aromatic carbocycles. The number of hydrogen-bond acceptors (Lipinski definition) is 11. The number of amides is 2. The Labute approximate surface area is 445 Å². The highest BCUT2D eigenvalue weighted by molar-refractivity contribution is 6.42. The first-order valence-corrected chi connectivity index (χ1v) is 24.6. The number of carbonyl (C=O) groups excluding carboxylic acids is 2. The number of halogens is 4. The molecule has 376 valence electrons. The van der Waals surface area contributed by atoms with Crippen molar-refractivity contribution in [1.82, 2.24) is 19.5 Å². The summed E-state index contributed by atoms with van der Waals surface area (Å²) in [7, 11) is 4.49. The van der Waals surface area contributed by atoms with Gasteiger partial charge in [-0.2, -0.15) is 0 Å². The number of aromatic nitrogens is 4. The number of carbonyl (C=O) groups is 2. The van der Waals surface area contributed by atoms with Gasteiger partial charge in [0.2, 0.25) is 5.91 Å². The molecule has 9 rings (SSSR count). The van der Waals surface area contributed by atoms with E-state index in [0.717, 1.165) is 16.5 Å². The maximum atomic E-state index is 14.6. The fraction of sp³-hybridized carbons (Fsp3) is 0.179. The normalized spacial score (nSPS) is 12.2. The molecule has 0 aliphatic carbocycles. The minimum Gasteiger partial charge on any atom is -0.495 e. The molecule has 1 N–H and O–H groups in total. The number of methoxy groups -OCH3 is 3.